The van der Waals surface area contributed by atoms with Crippen LogP contribution in [-0.2, 0) is 0 Å². The monoisotopic (exact) mass is 394 g/mol. The van der Waals surface area contributed by atoms with Crippen LogP contribution in [0.2, 0.25) is 0 Å². The van der Waals surface area contributed by atoms with E-state index in [1.54, 1.807) is 23.5 Å². The molecular formula is C18H18OS2Se. The molecule has 0 aromatic heterocycles. The van der Waals surface area contributed by atoms with Crippen molar-refractivity contribution in [1.82, 2.24) is 0 Å². The summed E-state index contributed by atoms with van der Waals surface area (Å²) in [6.07, 6.45) is 4.08. The van der Waals surface area contributed by atoms with Crippen LogP contribution in [0.15, 0.2) is 63.3 Å². The van der Waals surface area contributed by atoms with Crippen molar-refractivity contribution < 1.29 is 4.79 Å². The predicted octanol–water partition coefficient (Wildman–Crippen LogP) is 4.10. The second kappa shape index (κ2) is 8.64. The van der Waals surface area contributed by atoms with Crippen LogP contribution in [0.25, 0.3) is 0 Å². The van der Waals surface area contributed by atoms with Crippen LogP contribution in [0.4, 0.5) is 0 Å². The zero-order chi connectivity index (χ0) is 15.9. The standard InChI is InChI=1S/C18H18OS2Se/c1-13-9-7-8-12-15(13)16(19)17(18(20-2)21-3)22-14-10-5-4-6-11-14/h4-12H,1-3H3. The number of benzene rings is 2. The van der Waals surface area contributed by atoms with Crippen molar-refractivity contribution in [2.45, 2.75) is 6.92 Å². The summed E-state index contributed by atoms with van der Waals surface area (Å²) in [4.78, 5) is 13.1. The maximum atomic E-state index is 13.1. The van der Waals surface area contributed by atoms with Crippen molar-refractivity contribution in [3.05, 3.63) is 74.4 Å². The van der Waals surface area contributed by atoms with Crippen molar-refractivity contribution >= 4 is 48.7 Å². The Morgan fingerprint density at radius 3 is 2.09 bits per heavy atom. The SMILES string of the molecule is CSC(SC)=C([Se]c1ccccc1)C(=O)c1ccccc1C. The first-order valence-corrected chi connectivity index (χ1v) is 11.0. The molecule has 0 saturated carbocycles. The second-order valence-corrected chi connectivity index (χ2v) is 8.75. The van der Waals surface area contributed by atoms with Crippen LogP contribution in [0, 0.1) is 6.92 Å². The number of carbonyl (C=O) groups is 1. The fourth-order valence-corrected chi connectivity index (χ4v) is 6.42. The Bertz CT molecular complexity index is 674. The van der Waals surface area contributed by atoms with E-state index in [1.165, 1.54) is 4.46 Å². The van der Waals surface area contributed by atoms with Gasteiger partial charge in [0.1, 0.15) is 0 Å². The van der Waals surface area contributed by atoms with Gasteiger partial charge in [-0.05, 0) is 0 Å². The Morgan fingerprint density at radius 2 is 1.50 bits per heavy atom. The van der Waals surface area contributed by atoms with E-state index in [4.69, 9.17) is 0 Å². The molecule has 0 amide bonds. The van der Waals surface area contributed by atoms with E-state index in [0.29, 0.717) is 0 Å². The van der Waals surface area contributed by atoms with Gasteiger partial charge in [-0.2, -0.15) is 0 Å². The van der Waals surface area contributed by atoms with Gasteiger partial charge in [-0.25, -0.2) is 0 Å². The van der Waals surface area contributed by atoms with Gasteiger partial charge in [0.05, 0.1) is 0 Å². The summed E-state index contributed by atoms with van der Waals surface area (Å²) in [5.74, 6) is 0.167. The first-order valence-electron chi connectivity index (χ1n) is 6.83. The van der Waals surface area contributed by atoms with Crippen LogP contribution in [0.5, 0.6) is 0 Å². The van der Waals surface area contributed by atoms with E-state index in [1.807, 2.05) is 61.9 Å². The number of allylic oxidation sites excluding steroid dienone is 1. The van der Waals surface area contributed by atoms with Crippen molar-refractivity contribution in [3.8, 4) is 0 Å². The van der Waals surface area contributed by atoms with Gasteiger partial charge in [-0.15, -0.1) is 0 Å². The van der Waals surface area contributed by atoms with E-state index >= 15 is 0 Å². The van der Waals surface area contributed by atoms with E-state index in [-0.39, 0.29) is 20.7 Å². The molecule has 0 saturated heterocycles. The van der Waals surface area contributed by atoms with Gasteiger partial charge in [-0.1, -0.05) is 0 Å². The van der Waals surface area contributed by atoms with Gasteiger partial charge in [0.15, 0.2) is 0 Å². The normalized spacial score (nSPS) is 10.3. The molecule has 2 aromatic carbocycles. The molecule has 0 heterocycles. The third kappa shape index (κ3) is 4.30. The van der Waals surface area contributed by atoms with E-state index in [2.05, 4.69) is 12.1 Å². The number of rotatable bonds is 6. The molecule has 0 atom stereocenters. The molecule has 0 unspecified atom stereocenters. The molecule has 2 aromatic rings. The van der Waals surface area contributed by atoms with Crippen LogP contribution < -0.4 is 4.46 Å². The fourth-order valence-electron chi connectivity index (χ4n) is 2.01. The Kier molecular flexibility index (Phi) is 6.84. The van der Waals surface area contributed by atoms with Crippen molar-refractivity contribution in [1.29, 1.82) is 0 Å². The molecule has 114 valence electrons. The Balaban J connectivity index is 2.44. The Hall–Kier alpha value is -0.931. The predicted molar refractivity (Wildman–Crippen MR) is 101 cm³/mol. The number of aryl methyl sites for hydroxylation is 1. The summed E-state index contributed by atoms with van der Waals surface area (Å²) in [6, 6.07) is 18.1. The van der Waals surface area contributed by atoms with Crippen LogP contribution in [0.3, 0.4) is 0 Å². The number of Topliss-reactive ketones (excluding diaryl/α,β-unsaturated/α-hetero) is 1. The summed E-state index contributed by atoms with van der Waals surface area (Å²) in [5, 5.41) is 0. The molecule has 2 rings (SSSR count). The van der Waals surface area contributed by atoms with Gasteiger partial charge in [0.25, 0.3) is 0 Å². The minimum absolute atomic E-state index is 0.0159. The summed E-state index contributed by atoms with van der Waals surface area (Å²) in [5.41, 5.74) is 1.85. The quantitative estimate of drug-likeness (QED) is 0.418. The van der Waals surface area contributed by atoms with Gasteiger partial charge in [0.2, 0.25) is 0 Å². The molecule has 0 aliphatic heterocycles. The number of hydrogen-bond acceptors (Lipinski definition) is 3. The van der Waals surface area contributed by atoms with Gasteiger partial charge >= 0.3 is 147 Å². The molecule has 0 spiro atoms. The molecule has 0 aliphatic carbocycles. The molecular weight excluding hydrogens is 375 g/mol. The van der Waals surface area contributed by atoms with Gasteiger partial charge < -0.3 is 0 Å². The number of hydrogen-bond donors (Lipinski definition) is 0. The molecule has 4 heteroatoms. The minimum atomic E-state index is 0.0159. The molecule has 22 heavy (non-hydrogen) atoms. The fraction of sp³-hybridized carbons (Fsp3) is 0.167. The average Bonchev–Trinajstić information content (AvgIpc) is 2.56. The molecule has 0 fully saturated rings. The van der Waals surface area contributed by atoms with Crippen molar-refractivity contribution in [3.63, 3.8) is 0 Å². The zero-order valence-corrected chi connectivity index (χ0v) is 16.2. The summed E-state index contributed by atoms with van der Waals surface area (Å²) >= 11 is 3.34. The third-order valence-electron chi connectivity index (χ3n) is 3.12. The summed E-state index contributed by atoms with van der Waals surface area (Å²) in [7, 11) is 0. The average molecular weight is 393 g/mol. The molecule has 0 bridgehead atoms. The molecule has 0 N–H and O–H groups in total. The third-order valence-corrected chi connectivity index (χ3v) is 8.16. The van der Waals surface area contributed by atoms with Gasteiger partial charge in [-0.3, -0.25) is 0 Å². The Labute approximate surface area is 147 Å². The van der Waals surface area contributed by atoms with Crippen LogP contribution >= 0.6 is 23.5 Å². The van der Waals surface area contributed by atoms with Crippen molar-refractivity contribution in [2.75, 3.05) is 12.5 Å². The number of thioether (sulfide) groups is 2. The van der Waals surface area contributed by atoms with Gasteiger partial charge in [0, 0.05) is 0 Å². The Morgan fingerprint density at radius 1 is 0.909 bits per heavy atom. The first-order chi connectivity index (χ1) is 10.7. The number of ketones is 1. The first kappa shape index (κ1) is 17.4. The van der Waals surface area contributed by atoms with E-state index < -0.39 is 0 Å². The molecule has 0 radical (unpaired) electrons. The maximum absolute atomic E-state index is 13.1. The zero-order valence-electron chi connectivity index (χ0n) is 12.8. The van der Waals surface area contributed by atoms with Crippen LogP contribution in [0.1, 0.15) is 15.9 Å². The summed E-state index contributed by atoms with van der Waals surface area (Å²) in [6.45, 7) is 2.00. The summed E-state index contributed by atoms with van der Waals surface area (Å²) < 4.78 is 3.30. The second-order valence-electron chi connectivity index (χ2n) is 4.58. The topological polar surface area (TPSA) is 17.1 Å². The van der Waals surface area contributed by atoms with E-state index in [9.17, 15) is 4.79 Å². The molecule has 0 aliphatic rings. The van der Waals surface area contributed by atoms with Crippen LogP contribution in [-0.4, -0.2) is 33.3 Å². The van der Waals surface area contributed by atoms with E-state index in [0.717, 1.165) is 19.8 Å². The van der Waals surface area contributed by atoms with Crippen molar-refractivity contribution in [2.24, 2.45) is 0 Å². The molecule has 1 nitrogen and oxygen atoms in total. The number of carbonyl (C=O) groups excluding carboxylic acids is 1.